The summed E-state index contributed by atoms with van der Waals surface area (Å²) in [6, 6.07) is 15.4. The molecule has 3 heterocycles. The lowest BCUT2D eigenvalue weighted by atomic mass is 10.2. The monoisotopic (exact) mass is 412 g/mol. The second-order valence-electron chi connectivity index (χ2n) is 7.41. The van der Waals surface area contributed by atoms with Gasteiger partial charge in [-0.3, -0.25) is 4.57 Å². The van der Waals surface area contributed by atoms with Gasteiger partial charge in [0.2, 0.25) is 5.88 Å². The molecule has 1 atom stereocenters. The van der Waals surface area contributed by atoms with Crippen molar-refractivity contribution in [3.63, 3.8) is 0 Å². The number of nitrogens with zero attached hydrogens (tertiary/aromatic N) is 6. The quantitative estimate of drug-likeness (QED) is 0.493. The molecule has 3 aromatic heterocycles. The van der Waals surface area contributed by atoms with Crippen molar-refractivity contribution in [2.75, 3.05) is 11.1 Å². The summed E-state index contributed by atoms with van der Waals surface area (Å²) in [7, 11) is 0. The molecule has 31 heavy (non-hydrogen) atoms. The van der Waals surface area contributed by atoms with Gasteiger partial charge in [0, 0.05) is 11.8 Å². The fourth-order valence-corrected chi connectivity index (χ4v) is 3.39. The van der Waals surface area contributed by atoms with Gasteiger partial charge in [-0.15, -0.1) is 0 Å². The van der Waals surface area contributed by atoms with Crippen LogP contribution in [0.4, 0.5) is 11.6 Å². The summed E-state index contributed by atoms with van der Waals surface area (Å²) in [5.41, 5.74) is 8.41. The summed E-state index contributed by atoms with van der Waals surface area (Å²) in [5, 5.41) is 12.7. The van der Waals surface area contributed by atoms with Gasteiger partial charge in [-0.25, -0.2) is 15.0 Å². The maximum atomic E-state index is 9.44. The largest absolute Gasteiger partial charge is 0.474 e. The molecule has 9 nitrogen and oxygen atoms in total. The molecule has 9 heteroatoms. The minimum Gasteiger partial charge on any atom is -0.474 e. The highest BCUT2D eigenvalue weighted by molar-refractivity contribution is 5.75. The standard InChI is InChI=1S/C22H20N8O/c1-13(27-20-16(11-23)19(24)25-12-26-20)21-28-17-9-10-18(31-15-7-8-15)29-22(17)30(21)14-5-3-2-4-6-14/h2-6,9-10,12-13,15H,7-8H2,1H3,(H3,24,25,26,27). The lowest BCUT2D eigenvalue weighted by Crippen LogP contribution is -2.15. The minimum atomic E-state index is -0.302. The predicted molar refractivity (Wildman–Crippen MR) is 116 cm³/mol. The third-order valence-electron chi connectivity index (χ3n) is 5.06. The lowest BCUT2D eigenvalue weighted by molar-refractivity contribution is 0.292. The highest BCUT2D eigenvalue weighted by Crippen LogP contribution is 2.30. The summed E-state index contributed by atoms with van der Waals surface area (Å²) in [5.74, 6) is 1.81. The number of nitriles is 1. The Labute approximate surface area is 178 Å². The minimum absolute atomic E-state index is 0.132. The predicted octanol–water partition coefficient (Wildman–Crippen LogP) is 3.38. The van der Waals surface area contributed by atoms with E-state index in [1.807, 2.05) is 54.0 Å². The van der Waals surface area contributed by atoms with Crippen LogP contribution in [0.3, 0.4) is 0 Å². The van der Waals surface area contributed by atoms with Crippen molar-refractivity contribution in [2.24, 2.45) is 0 Å². The van der Waals surface area contributed by atoms with Crippen LogP contribution in [-0.2, 0) is 0 Å². The van der Waals surface area contributed by atoms with E-state index in [9.17, 15) is 5.26 Å². The molecular formula is C22H20N8O. The molecule has 1 aliphatic carbocycles. The number of hydrogen-bond acceptors (Lipinski definition) is 8. The number of aromatic nitrogens is 5. The number of imidazole rings is 1. The maximum Gasteiger partial charge on any atom is 0.215 e. The van der Waals surface area contributed by atoms with E-state index in [2.05, 4.69) is 21.4 Å². The normalized spacial score (nSPS) is 14.2. The van der Waals surface area contributed by atoms with Gasteiger partial charge >= 0.3 is 0 Å². The zero-order valence-electron chi connectivity index (χ0n) is 16.9. The first kappa shape index (κ1) is 18.8. The molecule has 1 saturated carbocycles. The van der Waals surface area contributed by atoms with Crippen LogP contribution in [0.2, 0.25) is 0 Å². The first-order valence-corrected chi connectivity index (χ1v) is 10.0. The van der Waals surface area contributed by atoms with Crippen molar-refractivity contribution >= 4 is 22.8 Å². The van der Waals surface area contributed by atoms with E-state index in [1.165, 1.54) is 6.33 Å². The van der Waals surface area contributed by atoms with E-state index >= 15 is 0 Å². The fraction of sp³-hybridized carbons (Fsp3) is 0.227. The number of fused-ring (bicyclic) bond motifs is 1. The number of hydrogen-bond donors (Lipinski definition) is 2. The fourth-order valence-electron chi connectivity index (χ4n) is 3.39. The first-order valence-electron chi connectivity index (χ1n) is 10.0. The average Bonchev–Trinajstić information content (AvgIpc) is 3.51. The highest BCUT2D eigenvalue weighted by Gasteiger charge is 2.25. The SMILES string of the molecule is CC(Nc1ncnc(N)c1C#N)c1nc2ccc(OC3CC3)nc2n1-c1ccccc1. The van der Waals surface area contributed by atoms with Gasteiger partial charge in [-0.05, 0) is 38.0 Å². The summed E-state index contributed by atoms with van der Waals surface area (Å²) in [6.45, 7) is 1.95. The molecule has 0 amide bonds. The first-order chi connectivity index (χ1) is 15.1. The smallest absolute Gasteiger partial charge is 0.215 e. The summed E-state index contributed by atoms with van der Waals surface area (Å²) in [4.78, 5) is 17.6. The maximum absolute atomic E-state index is 9.44. The van der Waals surface area contributed by atoms with E-state index in [0.717, 1.165) is 29.9 Å². The molecule has 0 aliphatic heterocycles. The van der Waals surface area contributed by atoms with E-state index in [4.69, 9.17) is 20.4 Å². The molecule has 0 spiro atoms. The van der Waals surface area contributed by atoms with Crippen molar-refractivity contribution in [3.05, 3.63) is 60.2 Å². The molecule has 4 aromatic rings. The number of nitrogen functional groups attached to an aromatic ring is 1. The Morgan fingerprint density at radius 3 is 2.71 bits per heavy atom. The molecule has 0 radical (unpaired) electrons. The van der Waals surface area contributed by atoms with Crippen LogP contribution in [0.15, 0.2) is 48.8 Å². The van der Waals surface area contributed by atoms with Crippen LogP contribution in [0.5, 0.6) is 5.88 Å². The Kier molecular flexibility index (Phi) is 4.59. The Morgan fingerprint density at radius 1 is 1.16 bits per heavy atom. The Bertz CT molecular complexity index is 1290. The molecule has 0 bridgehead atoms. The molecule has 1 aromatic carbocycles. The van der Waals surface area contributed by atoms with Gasteiger partial charge in [-0.1, -0.05) is 18.2 Å². The van der Waals surface area contributed by atoms with Gasteiger partial charge in [0.1, 0.15) is 47.0 Å². The van der Waals surface area contributed by atoms with Crippen LogP contribution < -0.4 is 15.8 Å². The van der Waals surface area contributed by atoms with Gasteiger partial charge < -0.3 is 15.8 Å². The van der Waals surface area contributed by atoms with Crippen LogP contribution in [0, 0.1) is 11.3 Å². The zero-order chi connectivity index (χ0) is 21.4. The number of anilines is 2. The third-order valence-corrected chi connectivity index (χ3v) is 5.06. The Morgan fingerprint density at radius 2 is 1.97 bits per heavy atom. The van der Waals surface area contributed by atoms with Gasteiger partial charge in [0.15, 0.2) is 5.65 Å². The van der Waals surface area contributed by atoms with E-state index in [-0.39, 0.29) is 23.5 Å². The van der Waals surface area contributed by atoms with Crippen LogP contribution >= 0.6 is 0 Å². The van der Waals surface area contributed by atoms with Crippen LogP contribution in [0.25, 0.3) is 16.9 Å². The average molecular weight is 412 g/mol. The number of ether oxygens (including phenoxy) is 1. The topological polar surface area (TPSA) is 128 Å². The van der Waals surface area contributed by atoms with E-state index < -0.39 is 0 Å². The number of pyridine rings is 1. The molecular weight excluding hydrogens is 392 g/mol. The molecule has 0 saturated heterocycles. The van der Waals surface area contributed by atoms with Crippen LogP contribution in [-0.4, -0.2) is 30.6 Å². The number of para-hydroxylation sites is 1. The van der Waals surface area contributed by atoms with Gasteiger partial charge in [0.05, 0.1) is 6.04 Å². The molecule has 154 valence electrons. The highest BCUT2D eigenvalue weighted by atomic mass is 16.5. The second kappa shape index (κ2) is 7.57. The lowest BCUT2D eigenvalue weighted by Gasteiger charge is -2.17. The van der Waals surface area contributed by atoms with Crippen LogP contribution in [0.1, 0.15) is 37.2 Å². The number of benzene rings is 1. The molecule has 5 rings (SSSR count). The van der Waals surface area contributed by atoms with Gasteiger partial charge in [-0.2, -0.15) is 10.2 Å². The molecule has 3 N–H and O–H groups in total. The zero-order valence-corrected chi connectivity index (χ0v) is 16.9. The van der Waals surface area contributed by atoms with Crippen molar-refractivity contribution in [3.8, 4) is 17.6 Å². The molecule has 1 fully saturated rings. The summed E-state index contributed by atoms with van der Waals surface area (Å²) < 4.78 is 7.89. The molecule has 1 aliphatic rings. The number of nitrogens with one attached hydrogen (secondary N) is 1. The molecule has 1 unspecified atom stereocenters. The number of nitrogens with two attached hydrogens (primary N) is 1. The van der Waals surface area contributed by atoms with E-state index in [0.29, 0.717) is 17.3 Å². The summed E-state index contributed by atoms with van der Waals surface area (Å²) in [6.07, 6.45) is 3.71. The Balaban J connectivity index is 1.60. The second-order valence-corrected chi connectivity index (χ2v) is 7.41. The third kappa shape index (κ3) is 3.59. The summed E-state index contributed by atoms with van der Waals surface area (Å²) >= 11 is 0. The Hall–Kier alpha value is -4.19. The van der Waals surface area contributed by atoms with Crippen molar-refractivity contribution in [1.82, 2.24) is 24.5 Å². The van der Waals surface area contributed by atoms with Gasteiger partial charge in [0.25, 0.3) is 0 Å². The van der Waals surface area contributed by atoms with Crippen molar-refractivity contribution in [2.45, 2.75) is 31.9 Å². The van der Waals surface area contributed by atoms with Crippen molar-refractivity contribution < 1.29 is 4.74 Å². The van der Waals surface area contributed by atoms with Crippen molar-refractivity contribution in [1.29, 1.82) is 5.26 Å². The number of rotatable bonds is 6. The van der Waals surface area contributed by atoms with E-state index in [1.54, 1.807) is 0 Å².